The standard InChI is InChI=1S/C20H15N5O3/c21-8-14-3-1-2-4-15(14)25-19-11-22-16(10-23-19)20(26)24-9-13-5-6-17-18(7-13)28-12-27-17/h1-7,10-11H,9,12H2,(H,23,25)(H,24,26). The summed E-state index contributed by atoms with van der Waals surface area (Å²) in [5.41, 5.74) is 2.20. The van der Waals surface area contributed by atoms with Crippen LogP contribution in [0, 0.1) is 11.3 Å². The Labute approximate surface area is 160 Å². The van der Waals surface area contributed by atoms with Gasteiger partial charge >= 0.3 is 0 Å². The lowest BCUT2D eigenvalue weighted by Crippen LogP contribution is -2.24. The second kappa shape index (κ2) is 7.63. The summed E-state index contributed by atoms with van der Waals surface area (Å²) in [5.74, 6) is 1.46. The number of fused-ring (bicyclic) bond motifs is 1. The number of carbonyl (C=O) groups is 1. The molecule has 1 aromatic heterocycles. The van der Waals surface area contributed by atoms with Crippen LogP contribution in [-0.4, -0.2) is 22.7 Å². The summed E-state index contributed by atoms with van der Waals surface area (Å²) in [6.45, 7) is 0.534. The monoisotopic (exact) mass is 373 g/mol. The maximum atomic E-state index is 12.3. The number of amides is 1. The van der Waals surface area contributed by atoms with Gasteiger partial charge in [-0.15, -0.1) is 0 Å². The van der Waals surface area contributed by atoms with Crippen LogP contribution in [0.25, 0.3) is 0 Å². The molecule has 2 aromatic carbocycles. The Morgan fingerprint density at radius 3 is 2.79 bits per heavy atom. The molecule has 1 amide bonds. The topological polar surface area (TPSA) is 109 Å². The number of anilines is 2. The Hall–Kier alpha value is -4.12. The van der Waals surface area contributed by atoms with Crippen molar-refractivity contribution >= 4 is 17.4 Å². The van der Waals surface area contributed by atoms with Crippen molar-refractivity contribution in [2.45, 2.75) is 6.54 Å². The highest BCUT2D eigenvalue weighted by Gasteiger charge is 2.14. The first-order valence-electron chi connectivity index (χ1n) is 8.48. The van der Waals surface area contributed by atoms with Gasteiger partial charge in [0, 0.05) is 6.54 Å². The van der Waals surface area contributed by atoms with Gasteiger partial charge in [-0.2, -0.15) is 5.26 Å². The highest BCUT2D eigenvalue weighted by molar-refractivity contribution is 5.92. The van der Waals surface area contributed by atoms with E-state index in [1.54, 1.807) is 18.2 Å². The number of ether oxygens (including phenoxy) is 2. The lowest BCUT2D eigenvalue weighted by atomic mass is 10.2. The number of hydrogen-bond donors (Lipinski definition) is 2. The maximum absolute atomic E-state index is 12.3. The highest BCUT2D eigenvalue weighted by atomic mass is 16.7. The predicted molar refractivity (Wildman–Crippen MR) is 100 cm³/mol. The van der Waals surface area contributed by atoms with Crippen LogP contribution in [0.2, 0.25) is 0 Å². The van der Waals surface area contributed by atoms with Gasteiger partial charge in [-0.05, 0) is 29.8 Å². The van der Waals surface area contributed by atoms with Gasteiger partial charge in [0.15, 0.2) is 11.5 Å². The number of benzene rings is 2. The van der Waals surface area contributed by atoms with Crippen LogP contribution in [0.3, 0.4) is 0 Å². The minimum absolute atomic E-state index is 0.194. The first-order valence-corrected chi connectivity index (χ1v) is 8.48. The first-order chi connectivity index (χ1) is 13.7. The van der Waals surface area contributed by atoms with E-state index in [1.807, 2.05) is 24.3 Å². The summed E-state index contributed by atoms with van der Waals surface area (Å²) in [6.07, 6.45) is 2.83. The van der Waals surface area contributed by atoms with Gasteiger partial charge in [0.05, 0.1) is 23.6 Å². The van der Waals surface area contributed by atoms with Crippen molar-refractivity contribution in [2.75, 3.05) is 12.1 Å². The number of nitriles is 1. The normalized spacial score (nSPS) is 11.5. The Morgan fingerprint density at radius 2 is 1.96 bits per heavy atom. The molecule has 8 heteroatoms. The molecule has 2 N–H and O–H groups in total. The lowest BCUT2D eigenvalue weighted by molar-refractivity contribution is 0.0945. The number of nitrogens with zero attached hydrogens (tertiary/aromatic N) is 3. The molecule has 2 heterocycles. The number of rotatable bonds is 5. The molecule has 0 atom stereocenters. The fraction of sp³-hybridized carbons (Fsp3) is 0.100. The Balaban J connectivity index is 1.38. The van der Waals surface area contributed by atoms with E-state index in [2.05, 4.69) is 26.7 Å². The van der Waals surface area contributed by atoms with Gasteiger partial charge in [0.2, 0.25) is 6.79 Å². The Morgan fingerprint density at radius 1 is 1.11 bits per heavy atom. The summed E-state index contributed by atoms with van der Waals surface area (Å²) < 4.78 is 10.6. The molecule has 0 aliphatic carbocycles. The third-order valence-electron chi connectivity index (χ3n) is 4.08. The average Bonchev–Trinajstić information content (AvgIpc) is 3.21. The SMILES string of the molecule is N#Cc1ccccc1Nc1cnc(C(=O)NCc2ccc3c(c2)OCO3)cn1. The molecule has 0 spiro atoms. The molecule has 0 saturated carbocycles. The van der Waals surface area contributed by atoms with Crippen molar-refractivity contribution in [3.05, 3.63) is 71.7 Å². The summed E-state index contributed by atoms with van der Waals surface area (Å²) >= 11 is 0. The smallest absolute Gasteiger partial charge is 0.271 e. The fourth-order valence-corrected chi connectivity index (χ4v) is 2.66. The van der Waals surface area contributed by atoms with Gasteiger partial charge < -0.3 is 20.1 Å². The molecule has 28 heavy (non-hydrogen) atoms. The van der Waals surface area contributed by atoms with Gasteiger partial charge in [0.25, 0.3) is 5.91 Å². The van der Waals surface area contributed by atoms with Crippen molar-refractivity contribution in [2.24, 2.45) is 0 Å². The van der Waals surface area contributed by atoms with E-state index in [-0.39, 0.29) is 18.4 Å². The summed E-state index contributed by atoms with van der Waals surface area (Å²) in [7, 11) is 0. The second-order valence-electron chi connectivity index (χ2n) is 5.94. The predicted octanol–water partition coefficient (Wildman–Crippen LogP) is 2.75. The van der Waals surface area contributed by atoms with Crippen LogP contribution in [0.15, 0.2) is 54.9 Å². The molecule has 138 valence electrons. The molecule has 4 rings (SSSR count). The molecule has 3 aromatic rings. The molecular formula is C20H15N5O3. The van der Waals surface area contributed by atoms with Gasteiger partial charge in [0.1, 0.15) is 17.6 Å². The summed E-state index contributed by atoms with van der Waals surface area (Å²) in [6, 6.07) is 14.7. The van der Waals surface area contributed by atoms with Gasteiger partial charge in [-0.25, -0.2) is 9.97 Å². The number of carbonyl (C=O) groups excluding carboxylic acids is 1. The van der Waals surface area contributed by atoms with E-state index in [0.717, 1.165) is 5.56 Å². The minimum Gasteiger partial charge on any atom is -0.454 e. The van der Waals surface area contributed by atoms with Crippen LogP contribution < -0.4 is 20.1 Å². The molecule has 0 radical (unpaired) electrons. The quantitative estimate of drug-likeness (QED) is 0.708. The molecule has 1 aliphatic heterocycles. The van der Waals surface area contributed by atoms with E-state index in [0.29, 0.717) is 35.1 Å². The minimum atomic E-state index is -0.339. The van der Waals surface area contributed by atoms with Crippen LogP contribution in [0.5, 0.6) is 11.5 Å². The van der Waals surface area contributed by atoms with Gasteiger partial charge in [-0.1, -0.05) is 18.2 Å². The summed E-state index contributed by atoms with van der Waals surface area (Å²) in [5, 5.41) is 14.9. The van der Waals surface area contributed by atoms with Crippen molar-refractivity contribution in [3.63, 3.8) is 0 Å². The van der Waals surface area contributed by atoms with Crippen molar-refractivity contribution in [1.82, 2.24) is 15.3 Å². The molecule has 0 unspecified atom stereocenters. The molecule has 0 saturated heterocycles. The maximum Gasteiger partial charge on any atom is 0.271 e. The Bertz CT molecular complexity index is 1060. The average molecular weight is 373 g/mol. The molecule has 0 fully saturated rings. The van der Waals surface area contributed by atoms with E-state index in [1.165, 1.54) is 12.4 Å². The first kappa shape index (κ1) is 17.3. The summed E-state index contributed by atoms with van der Waals surface area (Å²) in [4.78, 5) is 20.6. The zero-order valence-electron chi connectivity index (χ0n) is 14.7. The van der Waals surface area contributed by atoms with Crippen molar-refractivity contribution in [3.8, 4) is 17.6 Å². The number of hydrogen-bond acceptors (Lipinski definition) is 7. The molecule has 0 bridgehead atoms. The van der Waals surface area contributed by atoms with Gasteiger partial charge in [-0.3, -0.25) is 4.79 Å². The third-order valence-corrected chi connectivity index (χ3v) is 4.08. The van der Waals surface area contributed by atoms with E-state index in [9.17, 15) is 4.79 Å². The fourth-order valence-electron chi connectivity index (χ4n) is 2.66. The van der Waals surface area contributed by atoms with Crippen LogP contribution in [0.1, 0.15) is 21.6 Å². The lowest BCUT2D eigenvalue weighted by Gasteiger charge is -2.08. The molecular weight excluding hydrogens is 358 g/mol. The Kier molecular flexibility index (Phi) is 4.72. The largest absolute Gasteiger partial charge is 0.454 e. The molecule has 1 aliphatic rings. The number of para-hydroxylation sites is 1. The van der Waals surface area contributed by atoms with Crippen molar-refractivity contribution < 1.29 is 14.3 Å². The van der Waals surface area contributed by atoms with E-state index in [4.69, 9.17) is 14.7 Å². The number of aromatic nitrogens is 2. The molecule has 8 nitrogen and oxygen atoms in total. The second-order valence-corrected chi connectivity index (χ2v) is 5.94. The number of nitrogens with one attached hydrogen (secondary N) is 2. The van der Waals surface area contributed by atoms with Crippen molar-refractivity contribution in [1.29, 1.82) is 5.26 Å². The van der Waals surface area contributed by atoms with Crippen LogP contribution in [0.4, 0.5) is 11.5 Å². The third kappa shape index (κ3) is 3.68. The van der Waals surface area contributed by atoms with Crippen LogP contribution in [-0.2, 0) is 6.54 Å². The zero-order valence-corrected chi connectivity index (χ0v) is 14.7. The highest BCUT2D eigenvalue weighted by Crippen LogP contribution is 2.32. The van der Waals surface area contributed by atoms with E-state index < -0.39 is 0 Å². The van der Waals surface area contributed by atoms with Crippen LogP contribution >= 0.6 is 0 Å². The van der Waals surface area contributed by atoms with E-state index >= 15 is 0 Å². The zero-order chi connectivity index (χ0) is 19.3.